The molecule has 0 aliphatic heterocycles. The first-order valence-electron chi connectivity index (χ1n) is 11.1. The number of unbranched alkanes of at least 4 members (excludes halogenated alkanes) is 1. The van der Waals surface area contributed by atoms with Crippen LogP contribution >= 0.6 is 11.6 Å². The molecule has 3 saturated carbocycles. The van der Waals surface area contributed by atoms with Crippen molar-refractivity contribution < 1.29 is 9.13 Å². The van der Waals surface area contributed by atoms with Crippen molar-refractivity contribution >= 4 is 11.6 Å². The normalized spacial score (nSPS) is 43.1. The van der Waals surface area contributed by atoms with Crippen molar-refractivity contribution in [2.45, 2.75) is 108 Å². The average Bonchev–Trinajstić information content (AvgIpc) is 2.64. The summed E-state index contributed by atoms with van der Waals surface area (Å²) < 4.78 is 20.3. The van der Waals surface area contributed by atoms with Crippen LogP contribution in [0.25, 0.3) is 0 Å². The molecule has 0 spiro atoms. The van der Waals surface area contributed by atoms with Gasteiger partial charge in [-0.25, -0.2) is 4.39 Å². The predicted molar refractivity (Wildman–Crippen MR) is 104 cm³/mol. The van der Waals surface area contributed by atoms with E-state index in [2.05, 4.69) is 6.92 Å². The Kier molecular flexibility index (Phi) is 7.91. The molecule has 0 aromatic rings. The van der Waals surface area contributed by atoms with Crippen LogP contribution in [0.5, 0.6) is 0 Å². The Hall–Kier alpha value is 0.180. The molecule has 3 aliphatic carbocycles. The fourth-order valence-corrected chi connectivity index (χ4v) is 6.00. The lowest BCUT2D eigenvalue weighted by Gasteiger charge is -2.41. The summed E-state index contributed by atoms with van der Waals surface area (Å²) in [6.07, 6.45) is 14.8. The van der Waals surface area contributed by atoms with E-state index in [1.54, 1.807) is 0 Å². The van der Waals surface area contributed by atoms with Crippen molar-refractivity contribution in [2.24, 2.45) is 23.7 Å². The fraction of sp³-hybridized carbons (Fsp3) is 1.00. The number of hydrogen-bond donors (Lipinski definition) is 0. The standard InChI is InChI=1S/C22H38ClFO/c1-2-3-14-25-22-13-10-19(15-21(22)24)18-6-4-16(5-7-18)17-8-11-20(23)12-9-17/h16-22H,2-15H2,1H3. The van der Waals surface area contributed by atoms with Gasteiger partial charge in [-0.15, -0.1) is 11.6 Å². The highest BCUT2D eigenvalue weighted by atomic mass is 35.5. The summed E-state index contributed by atoms with van der Waals surface area (Å²) >= 11 is 6.27. The maximum absolute atomic E-state index is 14.5. The van der Waals surface area contributed by atoms with Gasteiger partial charge in [0.15, 0.2) is 0 Å². The second kappa shape index (κ2) is 9.93. The lowest BCUT2D eigenvalue weighted by molar-refractivity contribution is -0.0473. The summed E-state index contributed by atoms with van der Waals surface area (Å²) in [4.78, 5) is 0. The van der Waals surface area contributed by atoms with E-state index in [1.165, 1.54) is 57.8 Å². The SMILES string of the molecule is CCCCOC1CCC(C2CCC(C3CCC(Cl)CC3)CC2)CC1F. The lowest BCUT2D eigenvalue weighted by atomic mass is 9.66. The van der Waals surface area contributed by atoms with E-state index in [0.29, 0.717) is 11.3 Å². The van der Waals surface area contributed by atoms with Gasteiger partial charge in [0, 0.05) is 12.0 Å². The second-order valence-corrected chi connectivity index (χ2v) is 9.66. The molecule has 0 bridgehead atoms. The van der Waals surface area contributed by atoms with Crippen LogP contribution in [0.15, 0.2) is 0 Å². The van der Waals surface area contributed by atoms with E-state index in [9.17, 15) is 4.39 Å². The molecule has 0 amide bonds. The highest BCUT2D eigenvalue weighted by molar-refractivity contribution is 6.20. The Morgan fingerprint density at radius 1 is 0.800 bits per heavy atom. The third-order valence-corrected chi connectivity index (χ3v) is 7.87. The number of halogens is 2. The molecule has 3 unspecified atom stereocenters. The third-order valence-electron chi connectivity index (χ3n) is 7.43. The van der Waals surface area contributed by atoms with Gasteiger partial charge in [-0.05, 0) is 101 Å². The summed E-state index contributed by atoms with van der Waals surface area (Å²) in [6, 6.07) is 0. The molecule has 25 heavy (non-hydrogen) atoms. The molecule has 0 aromatic carbocycles. The Labute approximate surface area is 159 Å². The van der Waals surface area contributed by atoms with Crippen LogP contribution in [0.2, 0.25) is 0 Å². The molecule has 3 aliphatic rings. The van der Waals surface area contributed by atoms with E-state index in [4.69, 9.17) is 16.3 Å². The maximum atomic E-state index is 14.5. The van der Waals surface area contributed by atoms with Crippen LogP contribution in [-0.4, -0.2) is 24.3 Å². The quantitative estimate of drug-likeness (QED) is 0.363. The van der Waals surface area contributed by atoms with Crippen molar-refractivity contribution in [2.75, 3.05) is 6.61 Å². The van der Waals surface area contributed by atoms with E-state index in [1.807, 2.05) is 0 Å². The summed E-state index contributed by atoms with van der Waals surface area (Å²) in [5.41, 5.74) is 0. The molecule has 0 aromatic heterocycles. The van der Waals surface area contributed by atoms with Gasteiger partial charge in [-0.1, -0.05) is 13.3 Å². The molecule has 0 heterocycles. The lowest BCUT2D eigenvalue weighted by Crippen LogP contribution is -2.37. The summed E-state index contributed by atoms with van der Waals surface area (Å²) in [5.74, 6) is 3.24. The van der Waals surface area contributed by atoms with Crippen LogP contribution in [0.1, 0.15) is 90.4 Å². The van der Waals surface area contributed by atoms with Gasteiger partial charge in [0.05, 0.1) is 6.10 Å². The van der Waals surface area contributed by atoms with E-state index < -0.39 is 6.17 Å². The van der Waals surface area contributed by atoms with Crippen LogP contribution < -0.4 is 0 Å². The van der Waals surface area contributed by atoms with E-state index in [0.717, 1.165) is 50.0 Å². The Balaban J connectivity index is 1.38. The Morgan fingerprint density at radius 2 is 1.32 bits per heavy atom. The van der Waals surface area contributed by atoms with Crippen molar-refractivity contribution in [1.82, 2.24) is 0 Å². The number of rotatable bonds is 6. The van der Waals surface area contributed by atoms with Gasteiger partial charge in [0.25, 0.3) is 0 Å². The first-order chi connectivity index (χ1) is 12.2. The minimum atomic E-state index is -0.729. The van der Waals surface area contributed by atoms with Crippen LogP contribution in [0.3, 0.4) is 0 Å². The smallest absolute Gasteiger partial charge is 0.126 e. The Morgan fingerprint density at radius 3 is 1.88 bits per heavy atom. The highest BCUT2D eigenvalue weighted by Crippen LogP contribution is 2.45. The molecule has 3 rings (SSSR count). The zero-order valence-electron chi connectivity index (χ0n) is 16.1. The average molecular weight is 373 g/mol. The van der Waals surface area contributed by atoms with E-state index >= 15 is 0 Å². The minimum Gasteiger partial charge on any atom is -0.375 e. The molecular weight excluding hydrogens is 335 g/mol. The van der Waals surface area contributed by atoms with Gasteiger partial charge in [0.2, 0.25) is 0 Å². The minimum absolute atomic E-state index is 0.120. The fourth-order valence-electron chi connectivity index (χ4n) is 5.75. The number of alkyl halides is 2. The topological polar surface area (TPSA) is 9.23 Å². The van der Waals surface area contributed by atoms with Gasteiger partial charge >= 0.3 is 0 Å². The number of hydrogen-bond acceptors (Lipinski definition) is 1. The molecule has 3 atom stereocenters. The molecule has 3 fully saturated rings. The van der Waals surface area contributed by atoms with E-state index in [-0.39, 0.29) is 6.10 Å². The number of ether oxygens (including phenoxy) is 1. The van der Waals surface area contributed by atoms with Crippen molar-refractivity contribution in [1.29, 1.82) is 0 Å². The van der Waals surface area contributed by atoms with Gasteiger partial charge < -0.3 is 4.74 Å². The van der Waals surface area contributed by atoms with Crippen molar-refractivity contribution in [3.05, 3.63) is 0 Å². The largest absolute Gasteiger partial charge is 0.375 e. The molecule has 1 nitrogen and oxygen atoms in total. The predicted octanol–water partition coefficient (Wildman–Crippen LogP) is 6.91. The molecule has 0 N–H and O–H groups in total. The highest BCUT2D eigenvalue weighted by Gasteiger charge is 2.37. The van der Waals surface area contributed by atoms with Crippen LogP contribution in [0.4, 0.5) is 4.39 Å². The molecule has 3 heteroatoms. The second-order valence-electron chi connectivity index (χ2n) is 9.04. The summed E-state index contributed by atoms with van der Waals surface area (Å²) in [7, 11) is 0. The first kappa shape index (κ1) is 19.9. The summed E-state index contributed by atoms with van der Waals surface area (Å²) in [5, 5.41) is 0.434. The van der Waals surface area contributed by atoms with Crippen molar-refractivity contribution in [3.8, 4) is 0 Å². The van der Waals surface area contributed by atoms with Gasteiger partial charge in [0.1, 0.15) is 6.17 Å². The Bertz CT molecular complexity index is 374. The maximum Gasteiger partial charge on any atom is 0.126 e. The molecule has 0 saturated heterocycles. The summed E-state index contributed by atoms with van der Waals surface area (Å²) in [6.45, 7) is 2.90. The first-order valence-corrected chi connectivity index (χ1v) is 11.5. The van der Waals surface area contributed by atoms with Gasteiger partial charge in [-0.3, -0.25) is 0 Å². The molecular formula is C22H38ClFO. The zero-order valence-corrected chi connectivity index (χ0v) is 16.9. The monoisotopic (exact) mass is 372 g/mol. The third kappa shape index (κ3) is 5.58. The molecule has 0 radical (unpaired) electrons. The van der Waals surface area contributed by atoms with Crippen molar-refractivity contribution in [3.63, 3.8) is 0 Å². The van der Waals surface area contributed by atoms with Crippen LogP contribution in [-0.2, 0) is 4.74 Å². The zero-order chi connectivity index (χ0) is 17.6. The van der Waals surface area contributed by atoms with Gasteiger partial charge in [-0.2, -0.15) is 0 Å². The molecule has 146 valence electrons. The van der Waals surface area contributed by atoms with Crippen LogP contribution in [0, 0.1) is 23.7 Å².